The lowest BCUT2D eigenvalue weighted by Crippen LogP contribution is -2.31. The summed E-state index contributed by atoms with van der Waals surface area (Å²) >= 11 is 0. The standard InChI is InChI=1S/C22H22N4O3/c1-2-11-25-12-9-15-14-16(7-8-19(15)25)23-20(27)10-13-26-22(29)18-6-4-3-5-17(18)21(28)24-26/h3-9,12,14H,2,10-11,13H2,1H3,(H,23,27)(H,24,28). The number of nitrogens with one attached hydrogen (secondary N) is 2. The summed E-state index contributed by atoms with van der Waals surface area (Å²) in [6.45, 7) is 3.18. The van der Waals surface area contributed by atoms with Crippen molar-refractivity contribution in [2.75, 3.05) is 5.32 Å². The Morgan fingerprint density at radius 2 is 1.83 bits per heavy atom. The van der Waals surface area contributed by atoms with Crippen molar-refractivity contribution in [2.24, 2.45) is 0 Å². The van der Waals surface area contributed by atoms with E-state index in [9.17, 15) is 14.4 Å². The van der Waals surface area contributed by atoms with E-state index in [1.165, 1.54) is 4.68 Å². The Bertz CT molecular complexity index is 1310. The van der Waals surface area contributed by atoms with E-state index in [-0.39, 0.29) is 30.0 Å². The molecule has 0 aliphatic rings. The molecular weight excluding hydrogens is 368 g/mol. The van der Waals surface area contributed by atoms with Gasteiger partial charge in [0.25, 0.3) is 11.1 Å². The van der Waals surface area contributed by atoms with Gasteiger partial charge in [0.1, 0.15) is 0 Å². The molecule has 4 rings (SSSR count). The van der Waals surface area contributed by atoms with Crippen LogP contribution in [0.3, 0.4) is 0 Å². The highest BCUT2D eigenvalue weighted by Gasteiger charge is 2.09. The van der Waals surface area contributed by atoms with Gasteiger partial charge < -0.3 is 9.88 Å². The molecule has 0 fully saturated rings. The number of aryl methyl sites for hydroxylation is 2. The molecule has 2 aromatic carbocycles. The number of rotatable bonds is 6. The molecule has 2 aromatic heterocycles. The molecular formula is C22H22N4O3. The van der Waals surface area contributed by atoms with E-state index in [0.717, 1.165) is 23.9 Å². The van der Waals surface area contributed by atoms with Crippen LogP contribution in [-0.4, -0.2) is 20.3 Å². The number of aromatic amines is 1. The van der Waals surface area contributed by atoms with E-state index in [1.54, 1.807) is 24.3 Å². The number of carbonyl (C=O) groups is 1. The molecule has 2 heterocycles. The maximum atomic E-state index is 12.5. The second-order valence-electron chi connectivity index (χ2n) is 7.02. The van der Waals surface area contributed by atoms with Crippen LogP contribution in [0.15, 0.2) is 64.3 Å². The lowest BCUT2D eigenvalue weighted by Gasteiger charge is -2.09. The van der Waals surface area contributed by atoms with Crippen molar-refractivity contribution in [1.82, 2.24) is 14.3 Å². The lowest BCUT2D eigenvalue weighted by molar-refractivity contribution is -0.116. The second-order valence-corrected chi connectivity index (χ2v) is 7.02. The normalized spacial score (nSPS) is 11.2. The van der Waals surface area contributed by atoms with E-state index in [4.69, 9.17) is 0 Å². The zero-order chi connectivity index (χ0) is 20.4. The molecule has 29 heavy (non-hydrogen) atoms. The van der Waals surface area contributed by atoms with Gasteiger partial charge in [0.05, 0.1) is 17.3 Å². The Hall–Kier alpha value is -3.61. The summed E-state index contributed by atoms with van der Waals surface area (Å²) in [6, 6.07) is 14.5. The molecule has 148 valence electrons. The van der Waals surface area contributed by atoms with Gasteiger partial charge in [0.2, 0.25) is 5.91 Å². The summed E-state index contributed by atoms with van der Waals surface area (Å²) in [4.78, 5) is 37.0. The summed E-state index contributed by atoms with van der Waals surface area (Å²) in [5.74, 6) is -0.224. The first kappa shape index (κ1) is 18.7. The van der Waals surface area contributed by atoms with Crippen molar-refractivity contribution >= 4 is 33.3 Å². The minimum absolute atomic E-state index is 0.0725. The van der Waals surface area contributed by atoms with Crippen LogP contribution in [-0.2, 0) is 17.9 Å². The van der Waals surface area contributed by atoms with Gasteiger partial charge in [-0.25, -0.2) is 4.68 Å². The van der Waals surface area contributed by atoms with Crippen LogP contribution in [0.4, 0.5) is 5.69 Å². The number of H-pyrrole nitrogens is 1. The van der Waals surface area contributed by atoms with Crippen LogP contribution < -0.4 is 16.4 Å². The first-order chi connectivity index (χ1) is 14.1. The Labute approximate surface area is 166 Å². The number of hydrogen-bond donors (Lipinski definition) is 2. The van der Waals surface area contributed by atoms with Gasteiger partial charge in [-0.2, -0.15) is 0 Å². The molecule has 1 amide bonds. The number of anilines is 1. The molecule has 4 aromatic rings. The monoisotopic (exact) mass is 390 g/mol. The van der Waals surface area contributed by atoms with E-state index >= 15 is 0 Å². The molecule has 0 saturated heterocycles. The Balaban J connectivity index is 1.47. The zero-order valence-electron chi connectivity index (χ0n) is 16.1. The third-order valence-electron chi connectivity index (χ3n) is 4.97. The summed E-state index contributed by atoms with van der Waals surface area (Å²) in [6.07, 6.45) is 3.17. The molecule has 0 atom stereocenters. The fourth-order valence-electron chi connectivity index (χ4n) is 3.55. The van der Waals surface area contributed by atoms with E-state index < -0.39 is 0 Å². The molecule has 0 unspecified atom stereocenters. The van der Waals surface area contributed by atoms with Crippen LogP contribution in [0.2, 0.25) is 0 Å². The molecule has 0 bridgehead atoms. The number of amides is 1. The van der Waals surface area contributed by atoms with Crippen LogP contribution >= 0.6 is 0 Å². The van der Waals surface area contributed by atoms with Crippen molar-refractivity contribution in [3.63, 3.8) is 0 Å². The molecule has 0 saturated carbocycles. The summed E-state index contributed by atoms with van der Waals surface area (Å²) in [7, 11) is 0. The van der Waals surface area contributed by atoms with Crippen LogP contribution in [0, 0.1) is 0 Å². The van der Waals surface area contributed by atoms with Gasteiger partial charge >= 0.3 is 0 Å². The predicted octanol–water partition coefficient (Wildman–Crippen LogP) is 3.08. The molecule has 2 N–H and O–H groups in total. The van der Waals surface area contributed by atoms with Gasteiger partial charge in [-0.05, 0) is 42.8 Å². The highest BCUT2D eigenvalue weighted by molar-refractivity contribution is 5.93. The second kappa shape index (κ2) is 7.79. The number of hydrogen-bond acceptors (Lipinski definition) is 3. The van der Waals surface area contributed by atoms with Crippen LogP contribution in [0.5, 0.6) is 0 Å². The Kier molecular flexibility index (Phi) is 5.03. The molecule has 7 nitrogen and oxygen atoms in total. The number of carbonyl (C=O) groups excluding carboxylic acids is 1. The lowest BCUT2D eigenvalue weighted by atomic mass is 10.2. The zero-order valence-corrected chi connectivity index (χ0v) is 16.1. The molecule has 0 aliphatic heterocycles. The van der Waals surface area contributed by atoms with Crippen molar-refractivity contribution in [3.8, 4) is 0 Å². The molecule has 7 heteroatoms. The SMILES string of the molecule is CCCn1ccc2cc(NC(=O)CCn3[nH]c(=O)c4ccccc4c3=O)ccc21. The van der Waals surface area contributed by atoms with E-state index in [0.29, 0.717) is 16.5 Å². The van der Waals surface area contributed by atoms with E-state index in [2.05, 4.69) is 21.9 Å². The molecule has 0 aliphatic carbocycles. The minimum atomic E-state index is -0.345. The highest BCUT2D eigenvalue weighted by Crippen LogP contribution is 2.21. The van der Waals surface area contributed by atoms with Crippen molar-refractivity contribution in [1.29, 1.82) is 0 Å². The van der Waals surface area contributed by atoms with Crippen LogP contribution in [0.25, 0.3) is 21.7 Å². The van der Waals surface area contributed by atoms with Gasteiger partial charge in [-0.15, -0.1) is 0 Å². The summed E-state index contributed by atoms with van der Waals surface area (Å²) in [5, 5.41) is 7.16. The molecule has 0 radical (unpaired) electrons. The average molecular weight is 390 g/mol. The van der Waals surface area contributed by atoms with Crippen molar-refractivity contribution in [2.45, 2.75) is 32.9 Å². The maximum absolute atomic E-state index is 12.5. The smallest absolute Gasteiger partial charge is 0.273 e. The van der Waals surface area contributed by atoms with Gasteiger partial charge in [-0.3, -0.25) is 19.5 Å². The van der Waals surface area contributed by atoms with Gasteiger partial charge in [0, 0.05) is 35.8 Å². The van der Waals surface area contributed by atoms with Crippen LogP contribution in [0.1, 0.15) is 19.8 Å². The highest BCUT2D eigenvalue weighted by atomic mass is 16.2. The van der Waals surface area contributed by atoms with Gasteiger partial charge in [0.15, 0.2) is 0 Å². The number of fused-ring (bicyclic) bond motifs is 2. The topological polar surface area (TPSA) is 88.9 Å². The number of aromatic nitrogens is 3. The van der Waals surface area contributed by atoms with Crippen molar-refractivity contribution in [3.05, 3.63) is 75.4 Å². The number of nitrogens with zero attached hydrogens (tertiary/aromatic N) is 2. The Morgan fingerprint density at radius 1 is 1.03 bits per heavy atom. The predicted molar refractivity (Wildman–Crippen MR) is 114 cm³/mol. The van der Waals surface area contributed by atoms with Gasteiger partial charge in [-0.1, -0.05) is 19.1 Å². The third kappa shape index (κ3) is 3.71. The number of benzene rings is 2. The maximum Gasteiger partial charge on any atom is 0.273 e. The Morgan fingerprint density at radius 3 is 2.62 bits per heavy atom. The summed E-state index contributed by atoms with van der Waals surface area (Å²) in [5.41, 5.74) is 1.18. The third-order valence-corrected chi connectivity index (χ3v) is 4.97. The first-order valence-corrected chi connectivity index (χ1v) is 9.67. The molecule has 0 spiro atoms. The van der Waals surface area contributed by atoms with E-state index in [1.807, 2.05) is 30.5 Å². The minimum Gasteiger partial charge on any atom is -0.347 e. The fourth-order valence-corrected chi connectivity index (χ4v) is 3.55. The first-order valence-electron chi connectivity index (χ1n) is 9.67. The quantitative estimate of drug-likeness (QED) is 0.530. The fraction of sp³-hybridized carbons (Fsp3) is 0.227. The summed E-state index contributed by atoms with van der Waals surface area (Å²) < 4.78 is 3.38. The van der Waals surface area contributed by atoms with Crippen molar-refractivity contribution < 1.29 is 4.79 Å². The average Bonchev–Trinajstić information content (AvgIpc) is 3.12. The largest absolute Gasteiger partial charge is 0.347 e.